The minimum atomic E-state index is -1.96. The molecule has 0 spiro atoms. The summed E-state index contributed by atoms with van der Waals surface area (Å²) >= 11 is 0. The number of ketones is 1. The zero-order chi connectivity index (χ0) is 97.4. The molecule has 4 amide bonds. The standard InChI is InChI=1S/C31H27N3O8.C17H17N3O6.C17H15N3O6.C17H19N3O6.C9H13N3O5/c1-31(39)25(42-28(37)22-15-9-4-10-16-22)23(19-40-27(36)21-13-7-3-8-14-21)41-29(31)34-18-17-24(33-30(34)38)32-26(35)20-11-5-2-6-12-20;2*21-13-14-11(8-24-9-25-14)26-16(13)20-7-6-12(19-17(20)23)18-15(22)10-4-2-1-3-5-10;1-17(25)13(22)11(9-21)26-15(17)20-8-7-12(19-16(20)24)18-14(23)10-5-3-2-4-6-10;10-5-1-2-12(9(16)11-5)8-7(15)6(14)4(3-13)17-8/h2-18,23,25,29,39H,19H2,1H3,(H,32,33,35,38);1-7,11,13-14,16,21H,8-9H2,(H,18,19,22,23);1-7,11,14,16H,8-9H2,(H,18,19,22,23);2-8,11,13,15,21-22,25H,9H2,1H3,(H,18,19,23,24);1-2,4,6-8,13-15H,3H2,(H2,10,11,16)/t23-,25-,29-,31?;11-,13?,14+,16-;11-,14+,16-;11-,13+,15-,17?;4-,6+,7?,8-/m11111/s1. The maximum absolute atomic E-state index is 13.1. The van der Waals surface area contributed by atoms with Gasteiger partial charge in [0.15, 0.2) is 37.1 Å². The molecule has 0 bridgehead atoms. The van der Waals surface area contributed by atoms with Gasteiger partial charge in [-0.25, -0.2) is 33.6 Å². The third-order valence-corrected chi connectivity index (χ3v) is 22.1. The van der Waals surface area contributed by atoms with E-state index in [1.54, 1.807) is 182 Å². The number of ether oxygens (including phenoxy) is 11. The van der Waals surface area contributed by atoms with Gasteiger partial charge in [-0.1, -0.05) is 109 Å². The fourth-order valence-electron chi connectivity index (χ4n) is 15.0. The normalized spacial score (nSPS) is 25.9. The maximum Gasteiger partial charge on any atom is 0.352 e. The van der Waals surface area contributed by atoms with Crippen LogP contribution in [0.25, 0.3) is 0 Å². The second-order valence-corrected chi connectivity index (χ2v) is 31.5. The molecule has 0 radical (unpaired) electrons. The molecule has 0 aliphatic carbocycles. The van der Waals surface area contributed by atoms with Crippen LogP contribution >= 0.6 is 0 Å². The molecular formula is C91H91N15O31. The molecule has 6 aromatic carbocycles. The molecule has 46 heteroatoms. The summed E-state index contributed by atoms with van der Waals surface area (Å²) in [6.07, 6.45) is -10.8. The Morgan fingerprint density at radius 1 is 0.409 bits per heavy atom. The lowest BCUT2D eigenvalue weighted by atomic mass is 9.96. The van der Waals surface area contributed by atoms with Gasteiger partial charge in [0.05, 0.1) is 37.6 Å². The largest absolute Gasteiger partial charge is 0.459 e. The number of carbonyl (C=O) groups is 7. The van der Waals surface area contributed by atoms with E-state index < -0.39 is 181 Å². The molecule has 5 aromatic heterocycles. The van der Waals surface area contributed by atoms with E-state index in [4.69, 9.17) is 62.9 Å². The molecule has 7 aliphatic rings. The first-order chi connectivity index (χ1) is 65.9. The summed E-state index contributed by atoms with van der Waals surface area (Å²) in [6, 6.07) is 57.4. The third-order valence-electron chi connectivity index (χ3n) is 22.1. The highest BCUT2D eigenvalue weighted by Gasteiger charge is 2.58. The van der Waals surface area contributed by atoms with Gasteiger partial charge in [-0.05, 0) is 117 Å². The van der Waals surface area contributed by atoms with Crippen LogP contribution in [-0.4, -0.2) is 261 Å². The zero-order valence-corrected chi connectivity index (χ0v) is 72.4. The van der Waals surface area contributed by atoms with Crippen LogP contribution < -0.4 is 55.4 Å². The molecule has 7 saturated heterocycles. The fourth-order valence-corrected chi connectivity index (χ4v) is 15.0. The Morgan fingerprint density at radius 2 is 0.781 bits per heavy atom. The van der Waals surface area contributed by atoms with Crippen LogP contribution in [-0.2, 0) is 56.9 Å². The second-order valence-electron chi connectivity index (χ2n) is 31.5. The first-order valence-corrected chi connectivity index (χ1v) is 42.1. The van der Waals surface area contributed by atoms with E-state index in [0.29, 0.717) is 27.8 Å². The van der Waals surface area contributed by atoms with Crippen molar-refractivity contribution in [2.45, 2.75) is 129 Å². The van der Waals surface area contributed by atoms with Crippen LogP contribution in [0.2, 0.25) is 0 Å². The Hall–Kier alpha value is -14.7. The quantitative estimate of drug-likeness (QED) is 0.0465. The minimum Gasteiger partial charge on any atom is -0.459 e. The highest BCUT2D eigenvalue weighted by atomic mass is 16.7. The maximum atomic E-state index is 13.1. The molecular weight excluding hydrogens is 1800 g/mol. The first-order valence-electron chi connectivity index (χ1n) is 42.1. The second kappa shape index (κ2) is 44.2. The number of hydrogen-bond acceptors (Lipinski definition) is 37. The van der Waals surface area contributed by atoms with Gasteiger partial charge < -0.3 is 120 Å². The number of esters is 2. The number of nitrogens with zero attached hydrogens (tertiary/aromatic N) is 10. The van der Waals surface area contributed by atoms with Gasteiger partial charge in [-0.2, -0.15) is 24.9 Å². The van der Waals surface area contributed by atoms with E-state index in [9.17, 15) is 93.3 Å². The van der Waals surface area contributed by atoms with Gasteiger partial charge in [-0.15, -0.1) is 0 Å². The Balaban J connectivity index is 0.000000141. The summed E-state index contributed by atoms with van der Waals surface area (Å²) in [5, 5.41) is 89.9. The molecule has 12 heterocycles. The number of nitrogens with two attached hydrogens (primary N) is 1. The summed E-state index contributed by atoms with van der Waals surface area (Å²) < 4.78 is 65.0. The van der Waals surface area contributed by atoms with E-state index in [-0.39, 0.29) is 85.7 Å². The lowest BCUT2D eigenvalue weighted by Gasteiger charge is -2.30. The highest BCUT2D eigenvalue weighted by Crippen LogP contribution is 2.42. The number of hydrogen-bond donors (Lipinski definition) is 13. The third kappa shape index (κ3) is 23.1. The van der Waals surface area contributed by atoms with Crippen molar-refractivity contribution >= 4 is 70.4 Å². The molecule has 4 unspecified atom stereocenters. The van der Waals surface area contributed by atoms with Crippen LogP contribution in [0.5, 0.6) is 0 Å². The molecule has 716 valence electrons. The monoisotopic (exact) mass is 1890 g/mol. The van der Waals surface area contributed by atoms with Crippen molar-refractivity contribution in [3.05, 3.63) is 329 Å². The summed E-state index contributed by atoms with van der Waals surface area (Å²) in [5.41, 5.74) is 0.0765. The van der Waals surface area contributed by atoms with E-state index in [2.05, 4.69) is 46.2 Å². The van der Waals surface area contributed by atoms with Crippen molar-refractivity contribution in [2.24, 2.45) is 0 Å². The van der Waals surface area contributed by atoms with Crippen molar-refractivity contribution in [2.75, 3.05) is 73.6 Å². The Labute approximate surface area is 773 Å². The predicted octanol–water partition coefficient (Wildman–Crippen LogP) is 0.623. The van der Waals surface area contributed by atoms with E-state index >= 15 is 0 Å². The Kier molecular flexibility index (Phi) is 31.7. The number of Topliss-reactive ketones (excluding diaryl/α,β-unsaturated/α-hetero) is 1. The fraction of sp³-hybridized carbons (Fsp3) is 0.308. The number of fused-ring (bicyclic) bond motifs is 2. The van der Waals surface area contributed by atoms with Gasteiger partial charge in [0.25, 0.3) is 23.6 Å². The summed E-state index contributed by atoms with van der Waals surface area (Å²) in [7, 11) is 0. The summed E-state index contributed by atoms with van der Waals surface area (Å²) in [5.74, 6) is -3.10. The molecule has 137 heavy (non-hydrogen) atoms. The van der Waals surface area contributed by atoms with Gasteiger partial charge in [0.1, 0.15) is 122 Å². The number of amides is 4. The van der Waals surface area contributed by atoms with Gasteiger partial charge in [-0.3, -0.25) is 46.8 Å². The SMILES string of the molecule is CC1(O)[C@@H](O)[C@@H](CO)O[C@H]1n1ccc(NC(=O)c2ccccc2)nc1=O.CC1(O)[C@H](OC(=O)c2ccccc2)[C@@H](COC(=O)c2ccccc2)O[C@H]1n1ccc(NC(=O)c2ccccc2)nc1=O.Nc1ccn([C@@H]2O[C@H](CO)[C@H](O)C2O)c(=O)n1.O=C(Nc1ccn([C@@H]2O[C@@H]3COCO[C@@H]3C2=O)c(=O)n1)c1ccccc1.O=C(Nc1ccn([C@@H]2O[C@@H]3COCO[C@@H]3C2O)c(=O)n1)c1ccccc1. The van der Waals surface area contributed by atoms with Gasteiger partial charge in [0.2, 0.25) is 12.0 Å². The van der Waals surface area contributed by atoms with Crippen molar-refractivity contribution < 1.29 is 127 Å². The van der Waals surface area contributed by atoms with Gasteiger partial charge in [0, 0.05) is 53.2 Å². The van der Waals surface area contributed by atoms with Crippen LogP contribution in [0.3, 0.4) is 0 Å². The lowest BCUT2D eigenvalue weighted by molar-refractivity contribution is -0.189. The number of nitrogens with one attached hydrogen (secondary N) is 4. The summed E-state index contributed by atoms with van der Waals surface area (Å²) in [4.78, 5) is 167. The Morgan fingerprint density at radius 3 is 1.18 bits per heavy atom. The van der Waals surface area contributed by atoms with Crippen molar-refractivity contribution in [1.29, 1.82) is 0 Å². The molecule has 7 aliphatic heterocycles. The molecule has 46 nitrogen and oxygen atoms in total. The molecule has 7 fully saturated rings. The van der Waals surface area contributed by atoms with Crippen molar-refractivity contribution in [3.63, 3.8) is 0 Å². The van der Waals surface area contributed by atoms with Crippen LogP contribution in [0.1, 0.15) is 107 Å². The molecule has 18 rings (SSSR count). The summed E-state index contributed by atoms with van der Waals surface area (Å²) in [6.45, 7) is 1.89. The lowest BCUT2D eigenvalue weighted by Crippen LogP contribution is -2.48. The Bertz CT molecular complexity index is 6410. The smallest absolute Gasteiger partial charge is 0.352 e. The number of benzene rings is 6. The van der Waals surface area contributed by atoms with Crippen molar-refractivity contribution in [1.82, 2.24) is 47.8 Å². The average Bonchev–Trinajstić information content (AvgIpc) is 1.62. The number of carbonyl (C=O) groups excluding carboxylic acids is 7. The number of nitrogen functional groups attached to an aromatic ring is 1. The number of anilines is 5. The van der Waals surface area contributed by atoms with E-state index in [1.807, 2.05) is 0 Å². The predicted molar refractivity (Wildman–Crippen MR) is 472 cm³/mol. The zero-order valence-electron chi connectivity index (χ0n) is 72.4. The van der Waals surface area contributed by atoms with Crippen LogP contribution in [0.15, 0.2) is 267 Å². The molecule has 11 aromatic rings. The minimum absolute atomic E-state index is 0.0110. The topological polar surface area (TPSA) is 631 Å². The number of aromatic nitrogens is 10. The van der Waals surface area contributed by atoms with Crippen LogP contribution in [0, 0.1) is 0 Å². The van der Waals surface area contributed by atoms with Gasteiger partial charge >= 0.3 is 40.4 Å². The molecule has 0 saturated carbocycles. The average molecular weight is 1890 g/mol. The first kappa shape index (κ1) is 98.3. The molecule has 14 N–H and O–H groups in total. The highest BCUT2D eigenvalue weighted by molar-refractivity contribution is 6.05. The van der Waals surface area contributed by atoms with Crippen molar-refractivity contribution in [3.8, 4) is 0 Å². The van der Waals surface area contributed by atoms with Crippen LogP contribution in [0.4, 0.5) is 29.1 Å². The number of aliphatic hydroxyl groups excluding tert-OH is 6. The number of aliphatic hydroxyl groups is 8. The van der Waals surface area contributed by atoms with E-state index in [1.165, 1.54) is 79.7 Å². The van der Waals surface area contributed by atoms with E-state index in [0.717, 1.165) is 18.3 Å². The number of rotatable bonds is 20. The molecule has 19 atom stereocenters.